The monoisotopic (exact) mass is 911 g/mol. The fourth-order valence-electron chi connectivity index (χ4n) is 6.74. The Morgan fingerprint density at radius 3 is 1.15 bits per heavy atom. The van der Waals surface area contributed by atoms with Gasteiger partial charge in [-0.05, 0) is 128 Å². The summed E-state index contributed by atoms with van der Waals surface area (Å²) in [6.07, 6.45) is 79.0. The smallest absolute Gasteiger partial charge is 0.306 e. The van der Waals surface area contributed by atoms with Crippen LogP contribution in [0.3, 0.4) is 0 Å². The Kier molecular flexibility index (Phi) is 52.0. The zero-order chi connectivity index (χ0) is 47.7. The van der Waals surface area contributed by atoms with Gasteiger partial charge in [-0.3, -0.25) is 9.59 Å². The van der Waals surface area contributed by atoms with Crippen molar-refractivity contribution in [3.05, 3.63) is 134 Å². The number of rotatable bonds is 47. The molecular weight excluding hydrogens is 813 g/mol. The molecule has 0 aliphatic rings. The lowest BCUT2D eigenvalue weighted by molar-refractivity contribution is -0.163. The second kappa shape index (κ2) is 55.4. The molecule has 0 aromatic rings. The Morgan fingerprint density at radius 2 is 0.697 bits per heavy atom. The van der Waals surface area contributed by atoms with Crippen LogP contribution in [0, 0.1) is 0 Å². The molecule has 0 amide bonds. The molecule has 0 heterocycles. The summed E-state index contributed by atoms with van der Waals surface area (Å²) in [5, 5.41) is 0. The van der Waals surface area contributed by atoms with Crippen LogP contribution < -0.4 is 0 Å². The molecule has 0 bridgehead atoms. The van der Waals surface area contributed by atoms with Gasteiger partial charge in [-0.1, -0.05) is 206 Å². The van der Waals surface area contributed by atoms with Gasteiger partial charge in [-0.2, -0.15) is 0 Å². The maximum absolute atomic E-state index is 12.8. The summed E-state index contributed by atoms with van der Waals surface area (Å²) in [5.41, 5.74) is 0. The number of hydrogen-bond donors (Lipinski definition) is 0. The SMILES string of the molecule is CC/C=C\C/C=C\C/C=C\C/C=C\C/C=C\CCCCOCC(COC(=O)CCC/C=C\C/C=C\C/C=C\C/C=C\C/C=C\CC)OC(=O)CCCCCCC/C=C\CCCCCCCC. The summed E-state index contributed by atoms with van der Waals surface area (Å²) < 4.78 is 17.3. The lowest BCUT2D eigenvalue weighted by Crippen LogP contribution is -2.30. The average molecular weight is 911 g/mol. The molecule has 0 radical (unpaired) electrons. The Morgan fingerprint density at radius 1 is 0.348 bits per heavy atom. The minimum Gasteiger partial charge on any atom is -0.462 e. The first-order valence-electron chi connectivity index (χ1n) is 26.7. The molecule has 0 spiro atoms. The van der Waals surface area contributed by atoms with Crippen LogP contribution >= 0.6 is 0 Å². The maximum Gasteiger partial charge on any atom is 0.306 e. The molecule has 0 aliphatic heterocycles. The molecule has 5 nitrogen and oxygen atoms in total. The van der Waals surface area contributed by atoms with E-state index >= 15 is 0 Å². The predicted octanol–water partition coefficient (Wildman–Crippen LogP) is 18.3. The quantitative estimate of drug-likeness (QED) is 0.0346. The fourth-order valence-corrected chi connectivity index (χ4v) is 6.74. The van der Waals surface area contributed by atoms with Crippen LogP contribution in [0.2, 0.25) is 0 Å². The van der Waals surface area contributed by atoms with Crippen LogP contribution in [0.25, 0.3) is 0 Å². The minimum atomic E-state index is -0.596. The summed E-state index contributed by atoms with van der Waals surface area (Å²) in [4.78, 5) is 25.4. The molecule has 66 heavy (non-hydrogen) atoms. The van der Waals surface area contributed by atoms with E-state index in [1.54, 1.807) is 0 Å². The van der Waals surface area contributed by atoms with Crippen molar-refractivity contribution >= 4 is 11.9 Å². The van der Waals surface area contributed by atoms with Crippen LogP contribution in [0.4, 0.5) is 0 Å². The zero-order valence-corrected chi connectivity index (χ0v) is 42.7. The number of carbonyl (C=O) groups excluding carboxylic acids is 2. The van der Waals surface area contributed by atoms with Gasteiger partial charge in [-0.15, -0.1) is 0 Å². The largest absolute Gasteiger partial charge is 0.462 e. The average Bonchev–Trinajstić information content (AvgIpc) is 3.32. The Bertz CT molecular complexity index is 1400. The molecule has 0 aromatic carbocycles. The number of hydrogen-bond acceptors (Lipinski definition) is 5. The molecule has 372 valence electrons. The van der Waals surface area contributed by atoms with Crippen LogP contribution in [-0.4, -0.2) is 37.9 Å². The van der Waals surface area contributed by atoms with Gasteiger partial charge in [0.2, 0.25) is 0 Å². The van der Waals surface area contributed by atoms with Crippen molar-refractivity contribution in [2.24, 2.45) is 0 Å². The lowest BCUT2D eigenvalue weighted by Gasteiger charge is -2.18. The molecule has 5 heteroatoms. The number of unbranched alkanes of at least 4 members (excludes halogenated alkanes) is 14. The molecule has 1 unspecified atom stereocenters. The molecule has 0 saturated carbocycles. The van der Waals surface area contributed by atoms with Crippen molar-refractivity contribution in [3.8, 4) is 0 Å². The normalized spacial score (nSPS) is 13.3. The van der Waals surface area contributed by atoms with Gasteiger partial charge in [0.05, 0.1) is 6.61 Å². The van der Waals surface area contributed by atoms with E-state index in [9.17, 15) is 9.59 Å². The van der Waals surface area contributed by atoms with E-state index < -0.39 is 6.10 Å². The summed E-state index contributed by atoms with van der Waals surface area (Å²) >= 11 is 0. The van der Waals surface area contributed by atoms with Gasteiger partial charge in [0.15, 0.2) is 6.10 Å². The Labute approximate surface area is 407 Å². The summed E-state index contributed by atoms with van der Waals surface area (Å²) in [6.45, 7) is 7.41. The van der Waals surface area contributed by atoms with E-state index in [-0.39, 0.29) is 25.2 Å². The number of ether oxygens (including phenoxy) is 3. The highest BCUT2D eigenvalue weighted by molar-refractivity contribution is 5.70. The molecule has 0 saturated heterocycles. The van der Waals surface area contributed by atoms with Crippen LogP contribution in [0.1, 0.15) is 213 Å². The fraction of sp³-hybridized carbons (Fsp3) is 0.607. The van der Waals surface area contributed by atoms with Gasteiger partial charge < -0.3 is 14.2 Å². The van der Waals surface area contributed by atoms with E-state index in [2.05, 4.69) is 154 Å². The predicted molar refractivity (Wildman–Crippen MR) is 288 cm³/mol. The zero-order valence-electron chi connectivity index (χ0n) is 42.7. The molecule has 0 aliphatic carbocycles. The summed E-state index contributed by atoms with van der Waals surface area (Å²) in [6, 6.07) is 0. The van der Waals surface area contributed by atoms with E-state index in [1.165, 1.54) is 57.8 Å². The highest BCUT2D eigenvalue weighted by atomic mass is 16.6. The second-order valence-electron chi connectivity index (χ2n) is 17.0. The van der Waals surface area contributed by atoms with Crippen molar-refractivity contribution in [1.82, 2.24) is 0 Å². The highest BCUT2D eigenvalue weighted by Crippen LogP contribution is 2.12. The van der Waals surface area contributed by atoms with Crippen LogP contribution in [0.15, 0.2) is 134 Å². The van der Waals surface area contributed by atoms with Gasteiger partial charge in [0.1, 0.15) is 6.61 Å². The molecule has 0 rings (SSSR count). The molecular formula is C61H98O5. The van der Waals surface area contributed by atoms with Crippen molar-refractivity contribution in [1.29, 1.82) is 0 Å². The van der Waals surface area contributed by atoms with E-state index in [1.807, 2.05) is 0 Å². The van der Waals surface area contributed by atoms with Gasteiger partial charge >= 0.3 is 11.9 Å². The van der Waals surface area contributed by atoms with Crippen LogP contribution in [0.5, 0.6) is 0 Å². The third-order valence-corrected chi connectivity index (χ3v) is 10.7. The first-order chi connectivity index (χ1) is 32.6. The van der Waals surface area contributed by atoms with Crippen LogP contribution in [-0.2, 0) is 23.8 Å². The van der Waals surface area contributed by atoms with Crippen molar-refractivity contribution in [2.45, 2.75) is 219 Å². The number of allylic oxidation sites excluding steroid dienone is 22. The molecule has 0 aromatic heterocycles. The third-order valence-electron chi connectivity index (χ3n) is 10.7. The summed E-state index contributed by atoms with van der Waals surface area (Å²) in [5.74, 6) is -0.508. The third kappa shape index (κ3) is 52.7. The number of esters is 2. The van der Waals surface area contributed by atoms with Crippen molar-refractivity contribution in [2.75, 3.05) is 19.8 Å². The standard InChI is InChI=1S/C61H98O5/c1-4-7-10-13-16-19-22-25-28-30-32-35-38-41-44-47-50-53-56-64-57-59(66-61(63)55-52-49-46-43-40-37-33-27-24-21-18-15-12-9-6-3)58-65-60(62)54-51-48-45-42-39-36-34-31-29-26-23-20-17-14-11-8-5-2/h7-8,10-11,16-17,19-20,25-29,32-36,41-42,44-45,59H,4-6,9,12-15,18,21-24,30-31,37-40,43,46-58H2,1-3H3/b10-7-,11-8-,19-16-,20-17-,28-25-,29-26-,33-27-,35-32-,36-34-,44-41-,45-42-. The van der Waals surface area contributed by atoms with Gasteiger partial charge in [0, 0.05) is 19.4 Å². The first kappa shape index (κ1) is 62.0. The van der Waals surface area contributed by atoms with E-state index in [4.69, 9.17) is 14.2 Å². The van der Waals surface area contributed by atoms with Gasteiger partial charge in [-0.25, -0.2) is 0 Å². The lowest BCUT2D eigenvalue weighted by atomic mass is 10.1. The van der Waals surface area contributed by atoms with E-state index in [0.717, 1.165) is 122 Å². The van der Waals surface area contributed by atoms with Gasteiger partial charge in [0.25, 0.3) is 0 Å². The topological polar surface area (TPSA) is 61.8 Å². The minimum absolute atomic E-state index is 0.0264. The summed E-state index contributed by atoms with van der Waals surface area (Å²) in [7, 11) is 0. The molecule has 1 atom stereocenters. The highest BCUT2D eigenvalue weighted by Gasteiger charge is 2.17. The van der Waals surface area contributed by atoms with E-state index in [0.29, 0.717) is 19.4 Å². The first-order valence-corrected chi connectivity index (χ1v) is 26.7. The molecule has 0 N–H and O–H groups in total. The number of carbonyl (C=O) groups is 2. The van der Waals surface area contributed by atoms with Crippen molar-refractivity contribution < 1.29 is 23.8 Å². The second-order valence-corrected chi connectivity index (χ2v) is 17.0. The Balaban J connectivity index is 4.49. The molecule has 0 fully saturated rings. The Hall–Kier alpha value is -3.96. The maximum atomic E-state index is 12.8. The van der Waals surface area contributed by atoms with Crippen molar-refractivity contribution in [3.63, 3.8) is 0 Å².